The lowest BCUT2D eigenvalue weighted by molar-refractivity contribution is -0.119. The van der Waals surface area contributed by atoms with Crippen molar-refractivity contribution in [3.63, 3.8) is 0 Å². The van der Waals surface area contributed by atoms with Crippen LogP contribution in [0.2, 0.25) is 0 Å². The summed E-state index contributed by atoms with van der Waals surface area (Å²) in [6.07, 6.45) is 4.85. The molecule has 6 nitrogen and oxygen atoms in total. The number of aromatic nitrogens is 4. The van der Waals surface area contributed by atoms with Crippen molar-refractivity contribution in [3.05, 3.63) is 51.8 Å². The van der Waals surface area contributed by atoms with Crippen molar-refractivity contribution in [1.29, 1.82) is 0 Å². The van der Waals surface area contributed by atoms with Gasteiger partial charge in [-0.25, -0.2) is 9.50 Å². The molecular weight excluding hydrogens is 382 g/mol. The van der Waals surface area contributed by atoms with Crippen LogP contribution in [0.25, 0.3) is 5.78 Å². The van der Waals surface area contributed by atoms with Gasteiger partial charge in [-0.05, 0) is 75.6 Å². The molecule has 1 N–H and O–H groups in total. The number of hydrogen-bond acceptors (Lipinski definition) is 5. The van der Waals surface area contributed by atoms with Gasteiger partial charge >= 0.3 is 0 Å². The molecule has 29 heavy (non-hydrogen) atoms. The van der Waals surface area contributed by atoms with E-state index in [1.165, 1.54) is 47.7 Å². The van der Waals surface area contributed by atoms with E-state index < -0.39 is 0 Å². The van der Waals surface area contributed by atoms with E-state index in [-0.39, 0.29) is 17.7 Å². The maximum Gasteiger partial charge on any atom is 0.253 e. The van der Waals surface area contributed by atoms with Gasteiger partial charge in [-0.15, -0.1) is 5.10 Å². The minimum absolute atomic E-state index is 0.0152. The van der Waals surface area contributed by atoms with E-state index in [2.05, 4.69) is 38.6 Å². The third kappa shape index (κ3) is 4.15. The molecule has 0 saturated heterocycles. The average molecular weight is 410 g/mol. The number of aryl methyl sites for hydroxylation is 4. The van der Waals surface area contributed by atoms with Crippen molar-refractivity contribution in [3.8, 4) is 0 Å². The highest BCUT2D eigenvalue weighted by Gasteiger charge is 2.16. The van der Waals surface area contributed by atoms with Gasteiger partial charge in [0.25, 0.3) is 5.78 Å². The number of thioether (sulfide) groups is 1. The van der Waals surface area contributed by atoms with E-state index in [4.69, 9.17) is 0 Å². The standard InChI is InChI=1S/C22H27N5OS/c1-13-14(2)24-21-25-22(26-27(21)16(13)4)29-12-20(28)23-15(3)18-10-9-17-7-5-6-8-19(17)11-18/h9-11,15H,5-8,12H2,1-4H3,(H,23,28)/t15-/m1/s1. The first kappa shape index (κ1) is 19.9. The fourth-order valence-electron chi connectivity index (χ4n) is 3.82. The minimum atomic E-state index is -0.0175. The van der Waals surface area contributed by atoms with Crippen LogP contribution in [0.3, 0.4) is 0 Å². The Hall–Kier alpha value is -2.41. The first-order chi connectivity index (χ1) is 13.9. The number of nitrogens with one attached hydrogen (secondary N) is 1. The SMILES string of the molecule is Cc1nc2nc(SCC(=O)N[C@H](C)c3ccc4c(c3)CCCC4)nn2c(C)c1C. The third-order valence-electron chi connectivity index (χ3n) is 5.82. The second-order valence-electron chi connectivity index (χ2n) is 7.83. The van der Waals surface area contributed by atoms with Gasteiger partial charge in [0.2, 0.25) is 11.1 Å². The van der Waals surface area contributed by atoms with Crippen molar-refractivity contribution in [2.45, 2.75) is 64.6 Å². The van der Waals surface area contributed by atoms with Crippen LogP contribution in [0.1, 0.15) is 59.4 Å². The Morgan fingerprint density at radius 2 is 1.93 bits per heavy atom. The van der Waals surface area contributed by atoms with Gasteiger partial charge in [0.1, 0.15) is 0 Å². The van der Waals surface area contributed by atoms with Crippen LogP contribution in [0.15, 0.2) is 23.4 Å². The van der Waals surface area contributed by atoms with Gasteiger partial charge in [-0.3, -0.25) is 4.79 Å². The zero-order chi connectivity index (χ0) is 20.5. The highest BCUT2D eigenvalue weighted by Crippen LogP contribution is 2.25. The fourth-order valence-corrected chi connectivity index (χ4v) is 4.45. The summed E-state index contributed by atoms with van der Waals surface area (Å²) in [6.45, 7) is 8.04. The normalized spacial score (nSPS) is 14.6. The van der Waals surface area contributed by atoms with Crippen LogP contribution in [0.4, 0.5) is 0 Å². The van der Waals surface area contributed by atoms with Gasteiger partial charge in [-0.1, -0.05) is 30.0 Å². The fraction of sp³-hybridized carbons (Fsp3) is 0.455. The monoisotopic (exact) mass is 409 g/mol. The predicted molar refractivity (Wildman–Crippen MR) is 115 cm³/mol. The summed E-state index contributed by atoms with van der Waals surface area (Å²) in [5, 5.41) is 8.17. The molecule has 7 heteroatoms. The number of carbonyl (C=O) groups excluding carboxylic acids is 1. The number of rotatable bonds is 5. The van der Waals surface area contributed by atoms with Crippen LogP contribution < -0.4 is 5.32 Å². The molecule has 0 saturated carbocycles. The zero-order valence-corrected chi connectivity index (χ0v) is 18.3. The lowest BCUT2D eigenvalue weighted by Gasteiger charge is -2.20. The predicted octanol–water partition coefficient (Wildman–Crippen LogP) is 3.90. The molecule has 0 bridgehead atoms. The maximum absolute atomic E-state index is 12.5. The lowest BCUT2D eigenvalue weighted by Crippen LogP contribution is -2.28. The zero-order valence-electron chi connectivity index (χ0n) is 17.5. The molecule has 2 aromatic heterocycles. The average Bonchev–Trinajstić information content (AvgIpc) is 3.13. The molecule has 0 spiro atoms. The van der Waals surface area contributed by atoms with E-state index in [9.17, 15) is 4.79 Å². The highest BCUT2D eigenvalue weighted by molar-refractivity contribution is 7.99. The van der Waals surface area contributed by atoms with E-state index in [1.54, 1.807) is 4.52 Å². The molecule has 152 valence electrons. The van der Waals surface area contributed by atoms with Gasteiger partial charge in [-0.2, -0.15) is 4.98 Å². The van der Waals surface area contributed by atoms with Crippen molar-refractivity contribution in [2.75, 3.05) is 5.75 Å². The first-order valence-electron chi connectivity index (χ1n) is 10.2. The van der Waals surface area contributed by atoms with Crippen molar-refractivity contribution in [1.82, 2.24) is 24.9 Å². The molecule has 1 aliphatic rings. The first-order valence-corrected chi connectivity index (χ1v) is 11.2. The summed E-state index contributed by atoms with van der Waals surface area (Å²) in [4.78, 5) is 21.4. The second kappa shape index (κ2) is 8.14. The molecule has 1 aliphatic carbocycles. The van der Waals surface area contributed by atoms with Gasteiger partial charge < -0.3 is 5.32 Å². The molecule has 0 unspecified atom stereocenters. The van der Waals surface area contributed by atoms with Crippen molar-refractivity contribution < 1.29 is 4.79 Å². The summed E-state index contributed by atoms with van der Waals surface area (Å²) in [7, 11) is 0. The summed E-state index contributed by atoms with van der Waals surface area (Å²) < 4.78 is 1.75. The van der Waals surface area contributed by atoms with Gasteiger partial charge in [0, 0.05) is 11.4 Å². The van der Waals surface area contributed by atoms with E-state index in [0.29, 0.717) is 10.9 Å². The molecule has 3 aromatic rings. The van der Waals surface area contributed by atoms with Crippen LogP contribution >= 0.6 is 11.8 Å². The lowest BCUT2D eigenvalue weighted by atomic mass is 9.89. The number of hydrogen-bond donors (Lipinski definition) is 1. The number of nitrogens with zero attached hydrogens (tertiary/aromatic N) is 4. The molecule has 0 aliphatic heterocycles. The summed E-state index contributed by atoms with van der Waals surface area (Å²) >= 11 is 1.34. The number of fused-ring (bicyclic) bond motifs is 2. The third-order valence-corrected chi connectivity index (χ3v) is 6.66. The Morgan fingerprint density at radius 3 is 2.72 bits per heavy atom. The molecule has 0 fully saturated rings. The van der Waals surface area contributed by atoms with Crippen LogP contribution in [0, 0.1) is 20.8 Å². The molecule has 0 radical (unpaired) electrons. The van der Waals surface area contributed by atoms with Crippen LogP contribution in [-0.2, 0) is 17.6 Å². The summed E-state index contributed by atoms with van der Waals surface area (Å²) in [6, 6.07) is 6.61. The second-order valence-corrected chi connectivity index (χ2v) is 8.77. The van der Waals surface area contributed by atoms with Crippen molar-refractivity contribution in [2.24, 2.45) is 0 Å². The van der Waals surface area contributed by atoms with E-state index in [0.717, 1.165) is 23.4 Å². The number of amides is 1. The van der Waals surface area contributed by atoms with E-state index >= 15 is 0 Å². The quantitative estimate of drug-likeness (QED) is 0.647. The summed E-state index contributed by atoms with van der Waals surface area (Å²) in [5.41, 5.74) is 7.15. The molecule has 2 heterocycles. The Labute approximate surface area is 175 Å². The molecule has 4 rings (SSSR count). The van der Waals surface area contributed by atoms with Gasteiger partial charge in [0.15, 0.2) is 0 Å². The molecular formula is C22H27N5OS. The number of carbonyl (C=O) groups is 1. The summed E-state index contributed by atoms with van der Waals surface area (Å²) in [5.74, 6) is 0.843. The smallest absolute Gasteiger partial charge is 0.253 e. The van der Waals surface area contributed by atoms with E-state index in [1.807, 2.05) is 27.7 Å². The molecule has 1 amide bonds. The maximum atomic E-state index is 12.5. The Morgan fingerprint density at radius 1 is 1.17 bits per heavy atom. The highest BCUT2D eigenvalue weighted by atomic mass is 32.2. The van der Waals surface area contributed by atoms with Crippen LogP contribution in [0.5, 0.6) is 0 Å². The Balaban J connectivity index is 1.39. The largest absolute Gasteiger partial charge is 0.349 e. The molecule has 1 aromatic carbocycles. The Kier molecular flexibility index (Phi) is 5.58. The number of benzene rings is 1. The topological polar surface area (TPSA) is 72.2 Å². The van der Waals surface area contributed by atoms with Gasteiger partial charge in [0.05, 0.1) is 11.8 Å². The van der Waals surface area contributed by atoms with Crippen LogP contribution in [-0.4, -0.2) is 31.2 Å². The Bertz CT molecular complexity index is 1070. The molecule has 1 atom stereocenters. The van der Waals surface area contributed by atoms with Crippen molar-refractivity contribution >= 4 is 23.4 Å². The minimum Gasteiger partial charge on any atom is -0.349 e.